The quantitative estimate of drug-likeness (QED) is 0.451. The van der Waals surface area contributed by atoms with E-state index in [1.165, 1.54) is 0 Å². The molecule has 0 amide bonds. The maximum atomic E-state index is 13.4. The van der Waals surface area contributed by atoms with Crippen molar-refractivity contribution in [3.63, 3.8) is 0 Å². The van der Waals surface area contributed by atoms with E-state index in [1.54, 1.807) is 4.57 Å². The van der Waals surface area contributed by atoms with Crippen molar-refractivity contribution in [2.24, 2.45) is 0 Å². The lowest BCUT2D eigenvalue weighted by atomic mass is 10.2. The maximum absolute atomic E-state index is 13.4. The molecule has 4 rings (SSSR count). The molecule has 0 aliphatic carbocycles. The van der Waals surface area contributed by atoms with Gasteiger partial charge in [0.1, 0.15) is 0 Å². The van der Waals surface area contributed by atoms with E-state index in [0.29, 0.717) is 9.39 Å². The molecule has 0 aliphatic rings. The molecule has 0 bridgehead atoms. The highest BCUT2D eigenvalue weighted by molar-refractivity contribution is 5.58. The lowest BCUT2D eigenvalue weighted by molar-refractivity contribution is -0.600. The van der Waals surface area contributed by atoms with Crippen molar-refractivity contribution in [1.82, 2.24) is 9.55 Å². The lowest BCUT2D eigenvalue weighted by Gasteiger charge is -2.12. The van der Waals surface area contributed by atoms with Gasteiger partial charge in [-0.15, -0.1) is 0 Å². The molecular formula is C22H16IN2O2+. The number of hydrogen-bond donors (Lipinski definition) is 1. The second kappa shape index (κ2) is 7.75. The first-order chi connectivity index (χ1) is 13.2. The number of aromatic hydroxyl groups is 1. The molecule has 5 heteroatoms. The Hall–Kier alpha value is -2.93. The number of benzene rings is 3. The normalized spacial score (nSPS) is 10.7. The predicted octanol–water partition coefficient (Wildman–Crippen LogP) is 0.734. The summed E-state index contributed by atoms with van der Waals surface area (Å²) in [5, 5.41) is 10.6. The van der Waals surface area contributed by atoms with Crippen LogP contribution in [0.25, 0.3) is 17.1 Å². The monoisotopic (exact) mass is 467 g/mol. The van der Waals surface area contributed by atoms with Crippen LogP contribution in [0.4, 0.5) is 0 Å². The first kappa shape index (κ1) is 17.5. The first-order valence-electron chi connectivity index (χ1n) is 8.41. The van der Waals surface area contributed by atoms with Gasteiger partial charge in [0, 0.05) is 5.56 Å². The van der Waals surface area contributed by atoms with Gasteiger partial charge in [0.2, 0.25) is 0 Å². The fraction of sp³-hybridized carbons (Fsp3) is 0. The van der Waals surface area contributed by atoms with Gasteiger partial charge in [0.25, 0.3) is 5.88 Å². The van der Waals surface area contributed by atoms with Gasteiger partial charge in [-0.05, 0) is 24.3 Å². The smallest absolute Gasteiger partial charge is 0.370 e. The third-order valence-electron chi connectivity index (χ3n) is 3.99. The van der Waals surface area contributed by atoms with E-state index in [0.717, 1.165) is 14.8 Å². The minimum absolute atomic E-state index is 0.178. The summed E-state index contributed by atoms with van der Waals surface area (Å²) in [6, 6.07) is 28.6. The van der Waals surface area contributed by atoms with Crippen LogP contribution in [0.15, 0.2) is 95.8 Å². The predicted molar refractivity (Wildman–Crippen MR) is 101 cm³/mol. The average Bonchev–Trinajstić information content (AvgIpc) is 2.73. The largest absolute Gasteiger partial charge is 0.490 e. The van der Waals surface area contributed by atoms with E-state index in [2.05, 4.69) is 4.98 Å². The van der Waals surface area contributed by atoms with E-state index < -0.39 is 21.2 Å². The minimum atomic E-state index is -0.852. The Labute approximate surface area is 167 Å². The van der Waals surface area contributed by atoms with Gasteiger partial charge < -0.3 is 5.11 Å². The Kier molecular flexibility index (Phi) is 5.02. The Balaban J connectivity index is 1.95. The van der Waals surface area contributed by atoms with Gasteiger partial charge in [-0.1, -0.05) is 66.7 Å². The Bertz CT molecular complexity index is 1110. The summed E-state index contributed by atoms with van der Waals surface area (Å²) < 4.78 is 3.04. The molecule has 0 unspecified atom stereocenters. The van der Waals surface area contributed by atoms with Crippen molar-refractivity contribution >= 4 is 0 Å². The van der Waals surface area contributed by atoms with Gasteiger partial charge in [-0.25, -0.2) is 0 Å². The molecule has 0 aliphatic heterocycles. The van der Waals surface area contributed by atoms with Crippen molar-refractivity contribution in [3.05, 3.63) is 108 Å². The van der Waals surface area contributed by atoms with Crippen LogP contribution >= 0.6 is 0 Å². The molecule has 0 spiro atoms. The van der Waals surface area contributed by atoms with Crippen LogP contribution in [0.5, 0.6) is 5.88 Å². The summed E-state index contributed by atoms with van der Waals surface area (Å²) in [5.41, 5.74) is 1.29. The molecule has 1 heterocycles. The van der Waals surface area contributed by atoms with Crippen LogP contribution in [0.1, 0.15) is 0 Å². The molecule has 4 nitrogen and oxygen atoms in total. The van der Waals surface area contributed by atoms with E-state index >= 15 is 0 Å². The molecule has 1 N–H and O–H groups in total. The fourth-order valence-corrected chi connectivity index (χ4v) is 4.99. The molecule has 0 fully saturated rings. The van der Waals surface area contributed by atoms with Crippen LogP contribution < -0.4 is 26.8 Å². The maximum Gasteiger partial charge on any atom is 0.370 e. The van der Waals surface area contributed by atoms with E-state index in [9.17, 15) is 9.90 Å². The third kappa shape index (κ3) is 3.64. The molecule has 0 atom stereocenters. The van der Waals surface area contributed by atoms with Gasteiger partial charge in [0.05, 0.1) is 5.69 Å². The summed E-state index contributed by atoms with van der Waals surface area (Å²) in [5.74, 6) is 0.257. The second-order valence-electron chi connectivity index (χ2n) is 5.81. The molecule has 0 saturated carbocycles. The zero-order chi connectivity index (χ0) is 18.6. The highest BCUT2D eigenvalue weighted by Gasteiger charge is 2.30. The number of rotatable bonds is 4. The number of aromatic nitrogens is 2. The molecule has 27 heavy (non-hydrogen) atoms. The zero-order valence-corrected chi connectivity index (χ0v) is 16.4. The third-order valence-corrected chi connectivity index (χ3v) is 6.82. The fourth-order valence-electron chi connectivity index (χ4n) is 2.76. The van der Waals surface area contributed by atoms with Crippen molar-refractivity contribution in [2.45, 2.75) is 0 Å². The molecule has 132 valence electrons. The highest BCUT2D eigenvalue weighted by atomic mass is 127. The van der Waals surface area contributed by atoms with E-state index in [1.807, 2.05) is 91.0 Å². The Morgan fingerprint density at radius 3 is 1.96 bits per heavy atom. The topological polar surface area (TPSA) is 55.1 Å². The number of nitrogens with zero attached hydrogens (tertiary/aromatic N) is 2. The highest BCUT2D eigenvalue weighted by Crippen LogP contribution is 2.20. The average molecular weight is 467 g/mol. The molecule has 3 aromatic carbocycles. The van der Waals surface area contributed by atoms with E-state index in [-0.39, 0.29) is 11.4 Å². The molecule has 1 aromatic heterocycles. The standard InChI is InChI=1S/C22H15IN2O2/c26-21-19(23-17-12-6-2-7-13-17)22(27)25(18-14-8-3-9-15-18)20(24-21)16-10-4-1-5-11-16/h1-15H/p+1. The molecule has 4 aromatic rings. The van der Waals surface area contributed by atoms with Gasteiger partial charge in [-0.3, -0.25) is 9.36 Å². The summed E-state index contributed by atoms with van der Waals surface area (Å²) >= 11 is -0.852. The molecule has 0 radical (unpaired) electrons. The van der Waals surface area contributed by atoms with Crippen molar-refractivity contribution in [3.8, 4) is 23.0 Å². The Morgan fingerprint density at radius 2 is 1.33 bits per heavy atom. The van der Waals surface area contributed by atoms with Crippen molar-refractivity contribution in [2.75, 3.05) is 0 Å². The number of halogens is 1. The van der Waals surface area contributed by atoms with Crippen molar-refractivity contribution < 1.29 is 26.3 Å². The molecule has 0 saturated heterocycles. The van der Waals surface area contributed by atoms with Gasteiger partial charge in [0.15, 0.2) is 9.39 Å². The summed E-state index contributed by atoms with van der Waals surface area (Å²) in [7, 11) is 0. The van der Waals surface area contributed by atoms with E-state index in [4.69, 9.17) is 0 Å². The van der Waals surface area contributed by atoms with Crippen molar-refractivity contribution in [1.29, 1.82) is 0 Å². The summed E-state index contributed by atoms with van der Waals surface area (Å²) in [6.07, 6.45) is 0. The van der Waals surface area contributed by atoms with Crippen LogP contribution in [-0.2, 0) is 0 Å². The minimum Gasteiger partial charge on any atom is -0.490 e. The lowest BCUT2D eigenvalue weighted by Crippen LogP contribution is -3.62. The number of hydrogen-bond acceptors (Lipinski definition) is 3. The SMILES string of the molecule is O=c1c([I+]c2ccccc2)c(O)nc(-c2ccccc2)n1-c1ccccc1. The zero-order valence-electron chi connectivity index (χ0n) is 14.3. The van der Waals surface area contributed by atoms with Crippen LogP contribution in [0.3, 0.4) is 0 Å². The number of para-hydroxylation sites is 1. The van der Waals surface area contributed by atoms with Crippen LogP contribution in [-0.4, -0.2) is 14.7 Å². The van der Waals surface area contributed by atoms with Gasteiger partial charge >= 0.3 is 30.3 Å². The summed E-state index contributed by atoms with van der Waals surface area (Å²) in [6.45, 7) is 0. The van der Waals surface area contributed by atoms with Gasteiger partial charge in [-0.2, -0.15) is 4.98 Å². The van der Waals surface area contributed by atoms with Crippen LogP contribution in [0.2, 0.25) is 0 Å². The summed E-state index contributed by atoms with van der Waals surface area (Å²) in [4.78, 5) is 17.8. The second-order valence-corrected chi connectivity index (χ2v) is 8.67. The first-order valence-corrected chi connectivity index (χ1v) is 10.6. The van der Waals surface area contributed by atoms with Crippen LogP contribution in [0, 0.1) is 7.14 Å². The Morgan fingerprint density at radius 1 is 0.778 bits per heavy atom. The molecular weight excluding hydrogens is 451 g/mol.